The van der Waals surface area contributed by atoms with Crippen LogP contribution in [0, 0.1) is 6.92 Å². The normalized spacial score (nSPS) is 19.4. The van der Waals surface area contributed by atoms with Crippen LogP contribution in [0.3, 0.4) is 0 Å². The van der Waals surface area contributed by atoms with E-state index in [0.29, 0.717) is 5.82 Å². The Balaban J connectivity index is 1.84. The second kappa shape index (κ2) is 6.30. The van der Waals surface area contributed by atoms with Gasteiger partial charge < -0.3 is 4.52 Å². The van der Waals surface area contributed by atoms with Crippen LogP contribution in [-0.4, -0.2) is 52.7 Å². The molecule has 1 aromatic heterocycles. The lowest BCUT2D eigenvalue weighted by Crippen LogP contribution is -2.47. The van der Waals surface area contributed by atoms with Gasteiger partial charge in [0.25, 0.3) is 0 Å². The molecule has 2 rings (SSSR count). The fraction of sp³-hybridized carbons (Fsp3) is 0.714. The standard InChI is InChI=1S/C14H24N4O/c1-11(2)5-6-17-7-9-18(10-8-17)12(3)14-15-13(4)16-19-14/h5,12H,6-10H2,1-4H3/t12-/m1/s1. The molecule has 1 fully saturated rings. The molecule has 5 nitrogen and oxygen atoms in total. The summed E-state index contributed by atoms with van der Waals surface area (Å²) in [6, 6.07) is 0.215. The molecule has 19 heavy (non-hydrogen) atoms. The lowest BCUT2D eigenvalue weighted by atomic mass is 10.2. The van der Waals surface area contributed by atoms with Gasteiger partial charge in [0.05, 0.1) is 6.04 Å². The van der Waals surface area contributed by atoms with Crippen molar-refractivity contribution in [2.45, 2.75) is 33.7 Å². The van der Waals surface area contributed by atoms with E-state index in [0.717, 1.165) is 38.6 Å². The highest BCUT2D eigenvalue weighted by Gasteiger charge is 2.24. The average molecular weight is 264 g/mol. The Morgan fingerprint density at radius 3 is 2.53 bits per heavy atom. The van der Waals surface area contributed by atoms with Crippen LogP contribution in [0.2, 0.25) is 0 Å². The van der Waals surface area contributed by atoms with Gasteiger partial charge in [-0.1, -0.05) is 16.8 Å². The minimum absolute atomic E-state index is 0.215. The van der Waals surface area contributed by atoms with Crippen LogP contribution in [0.4, 0.5) is 0 Å². The predicted octanol–water partition coefficient (Wildman–Crippen LogP) is 2.02. The lowest BCUT2D eigenvalue weighted by Gasteiger charge is -2.36. The fourth-order valence-electron chi connectivity index (χ4n) is 2.28. The molecule has 2 heterocycles. The quantitative estimate of drug-likeness (QED) is 0.779. The highest BCUT2D eigenvalue weighted by Crippen LogP contribution is 2.19. The average Bonchev–Trinajstić information content (AvgIpc) is 2.83. The molecule has 1 aliphatic rings. The number of hydrogen-bond acceptors (Lipinski definition) is 5. The maximum atomic E-state index is 5.26. The maximum absolute atomic E-state index is 5.26. The molecule has 5 heteroatoms. The Morgan fingerprint density at radius 2 is 2.00 bits per heavy atom. The van der Waals surface area contributed by atoms with Crippen molar-refractivity contribution in [1.82, 2.24) is 19.9 Å². The Bertz CT molecular complexity index is 428. The van der Waals surface area contributed by atoms with Crippen molar-refractivity contribution >= 4 is 0 Å². The van der Waals surface area contributed by atoms with Gasteiger partial charge >= 0.3 is 0 Å². The largest absolute Gasteiger partial charge is 0.338 e. The van der Waals surface area contributed by atoms with Gasteiger partial charge in [0.2, 0.25) is 5.89 Å². The molecule has 1 aromatic rings. The van der Waals surface area contributed by atoms with Crippen LogP contribution in [0.5, 0.6) is 0 Å². The first-order valence-corrected chi connectivity index (χ1v) is 6.96. The Kier molecular flexibility index (Phi) is 4.71. The molecule has 1 saturated heterocycles. The number of piperazine rings is 1. The Labute approximate surface area is 115 Å². The zero-order valence-corrected chi connectivity index (χ0v) is 12.4. The van der Waals surface area contributed by atoms with Crippen molar-refractivity contribution in [3.63, 3.8) is 0 Å². The van der Waals surface area contributed by atoms with Gasteiger partial charge in [-0.15, -0.1) is 0 Å². The third-order valence-electron chi connectivity index (χ3n) is 3.61. The van der Waals surface area contributed by atoms with E-state index >= 15 is 0 Å². The van der Waals surface area contributed by atoms with Gasteiger partial charge in [-0.3, -0.25) is 9.80 Å². The molecule has 0 saturated carbocycles. The molecule has 0 unspecified atom stereocenters. The molecule has 0 amide bonds. The molecule has 1 atom stereocenters. The fourth-order valence-corrected chi connectivity index (χ4v) is 2.28. The van der Waals surface area contributed by atoms with Gasteiger partial charge in [0, 0.05) is 32.7 Å². The summed E-state index contributed by atoms with van der Waals surface area (Å²) in [7, 11) is 0. The topological polar surface area (TPSA) is 45.4 Å². The summed E-state index contributed by atoms with van der Waals surface area (Å²) < 4.78 is 5.26. The number of nitrogens with zero attached hydrogens (tertiary/aromatic N) is 4. The number of aryl methyl sites for hydroxylation is 1. The van der Waals surface area contributed by atoms with E-state index < -0.39 is 0 Å². The Morgan fingerprint density at radius 1 is 1.32 bits per heavy atom. The number of aromatic nitrogens is 2. The minimum Gasteiger partial charge on any atom is -0.338 e. The maximum Gasteiger partial charge on any atom is 0.243 e. The molecular weight excluding hydrogens is 240 g/mol. The summed E-state index contributed by atoms with van der Waals surface area (Å²) in [5.74, 6) is 1.44. The zero-order chi connectivity index (χ0) is 13.8. The molecule has 0 aliphatic carbocycles. The lowest BCUT2D eigenvalue weighted by molar-refractivity contribution is 0.0946. The molecule has 1 aliphatic heterocycles. The third kappa shape index (κ3) is 3.88. The highest BCUT2D eigenvalue weighted by molar-refractivity contribution is 4.96. The summed E-state index contributed by atoms with van der Waals surface area (Å²) in [4.78, 5) is 9.21. The first kappa shape index (κ1) is 14.2. The van der Waals surface area contributed by atoms with E-state index in [2.05, 4.69) is 46.8 Å². The van der Waals surface area contributed by atoms with Crippen molar-refractivity contribution in [3.05, 3.63) is 23.4 Å². The molecule has 0 radical (unpaired) electrons. The van der Waals surface area contributed by atoms with E-state index in [1.807, 2.05) is 6.92 Å². The SMILES string of the molecule is CC(C)=CCN1CCN([C@H](C)c2nc(C)no2)CC1. The van der Waals surface area contributed by atoms with Crippen LogP contribution >= 0.6 is 0 Å². The van der Waals surface area contributed by atoms with E-state index in [4.69, 9.17) is 4.52 Å². The van der Waals surface area contributed by atoms with Crippen LogP contribution in [0.1, 0.15) is 38.5 Å². The van der Waals surface area contributed by atoms with E-state index in [-0.39, 0.29) is 6.04 Å². The molecule has 0 aromatic carbocycles. The monoisotopic (exact) mass is 264 g/mol. The van der Waals surface area contributed by atoms with E-state index in [9.17, 15) is 0 Å². The zero-order valence-electron chi connectivity index (χ0n) is 12.4. The number of hydrogen-bond donors (Lipinski definition) is 0. The van der Waals surface area contributed by atoms with Crippen LogP contribution in [-0.2, 0) is 0 Å². The minimum atomic E-state index is 0.215. The summed E-state index contributed by atoms with van der Waals surface area (Å²) in [5.41, 5.74) is 1.39. The third-order valence-corrected chi connectivity index (χ3v) is 3.61. The molecule has 0 bridgehead atoms. The van der Waals surface area contributed by atoms with Crippen molar-refractivity contribution in [2.24, 2.45) is 0 Å². The second-order valence-corrected chi connectivity index (χ2v) is 5.47. The van der Waals surface area contributed by atoms with Crippen molar-refractivity contribution < 1.29 is 4.52 Å². The molecule has 0 N–H and O–H groups in total. The molecule has 106 valence electrons. The summed E-state index contributed by atoms with van der Waals surface area (Å²) >= 11 is 0. The first-order valence-electron chi connectivity index (χ1n) is 6.96. The van der Waals surface area contributed by atoms with E-state index in [1.54, 1.807) is 0 Å². The van der Waals surface area contributed by atoms with Gasteiger partial charge in [0.1, 0.15) is 0 Å². The smallest absolute Gasteiger partial charge is 0.243 e. The van der Waals surface area contributed by atoms with Gasteiger partial charge in [0.15, 0.2) is 5.82 Å². The van der Waals surface area contributed by atoms with Crippen molar-refractivity contribution in [1.29, 1.82) is 0 Å². The Hall–Kier alpha value is -1.20. The first-order chi connectivity index (χ1) is 9.06. The van der Waals surface area contributed by atoms with E-state index in [1.165, 1.54) is 5.57 Å². The predicted molar refractivity (Wildman–Crippen MR) is 74.9 cm³/mol. The molecule has 0 spiro atoms. The van der Waals surface area contributed by atoms with Gasteiger partial charge in [-0.05, 0) is 27.7 Å². The van der Waals surface area contributed by atoms with Crippen molar-refractivity contribution in [3.8, 4) is 0 Å². The summed E-state index contributed by atoms with van der Waals surface area (Å²) in [6.45, 7) is 13.7. The van der Waals surface area contributed by atoms with Crippen LogP contribution in [0.25, 0.3) is 0 Å². The molecular formula is C14H24N4O. The van der Waals surface area contributed by atoms with Crippen molar-refractivity contribution in [2.75, 3.05) is 32.7 Å². The van der Waals surface area contributed by atoms with Gasteiger partial charge in [-0.25, -0.2) is 0 Å². The number of allylic oxidation sites excluding steroid dienone is 1. The summed E-state index contributed by atoms with van der Waals surface area (Å²) in [5, 5.41) is 3.87. The van der Waals surface area contributed by atoms with Gasteiger partial charge in [-0.2, -0.15) is 4.98 Å². The summed E-state index contributed by atoms with van der Waals surface area (Å²) in [6.07, 6.45) is 2.29. The highest BCUT2D eigenvalue weighted by atomic mass is 16.5. The second-order valence-electron chi connectivity index (χ2n) is 5.47. The van der Waals surface area contributed by atoms with Crippen LogP contribution in [0.15, 0.2) is 16.2 Å². The number of rotatable bonds is 4. The van der Waals surface area contributed by atoms with Crippen LogP contribution < -0.4 is 0 Å².